The molecule has 3 rings (SSSR count). The van der Waals surface area contributed by atoms with E-state index >= 15 is 0 Å². The second-order valence-electron chi connectivity index (χ2n) is 4.75. The van der Waals surface area contributed by atoms with Crippen LogP contribution >= 0.6 is 0 Å². The maximum Gasteiger partial charge on any atom is 0.356 e. The molecule has 0 saturated heterocycles. The van der Waals surface area contributed by atoms with Crippen LogP contribution in [0.25, 0.3) is 16.9 Å². The lowest BCUT2D eigenvalue weighted by atomic mass is 10.2. The fraction of sp³-hybridized carbons (Fsp3) is 0.0714. The van der Waals surface area contributed by atoms with Gasteiger partial charge in [0.2, 0.25) is 0 Å². The van der Waals surface area contributed by atoms with Crippen molar-refractivity contribution in [2.24, 2.45) is 7.05 Å². The summed E-state index contributed by atoms with van der Waals surface area (Å²) in [6.07, 6.45) is 4.40. The summed E-state index contributed by atoms with van der Waals surface area (Å²) in [6, 6.07) is 4.18. The van der Waals surface area contributed by atoms with Crippen LogP contribution in [0.4, 0.5) is 0 Å². The Morgan fingerprint density at radius 3 is 2.71 bits per heavy atom. The van der Waals surface area contributed by atoms with Crippen LogP contribution in [-0.2, 0) is 7.05 Å². The van der Waals surface area contributed by atoms with Crippen LogP contribution in [0.3, 0.4) is 0 Å². The van der Waals surface area contributed by atoms with Gasteiger partial charge >= 0.3 is 5.97 Å². The van der Waals surface area contributed by atoms with Crippen molar-refractivity contribution in [1.29, 1.82) is 5.26 Å². The van der Waals surface area contributed by atoms with Gasteiger partial charge in [0.05, 0.1) is 23.8 Å². The lowest BCUT2D eigenvalue weighted by molar-refractivity contribution is 0.0688. The molecule has 0 amide bonds. The molecule has 0 aliphatic heterocycles. The van der Waals surface area contributed by atoms with Crippen molar-refractivity contribution in [1.82, 2.24) is 29.8 Å². The maximum absolute atomic E-state index is 12.3. The predicted octanol–water partition coefficient (Wildman–Crippen LogP) is -0.00712. The number of aryl methyl sites for hydroxylation is 1. The van der Waals surface area contributed by atoms with Gasteiger partial charge in [-0.1, -0.05) is 5.21 Å². The molecule has 0 aliphatic carbocycles. The molecule has 0 atom stereocenters. The van der Waals surface area contributed by atoms with Gasteiger partial charge in [0.1, 0.15) is 11.6 Å². The molecule has 0 bridgehead atoms. The number of pyridine rings is 1. The number of hydrogen-bond acceptors (Lipinski definition) is 7. The Morgan fingerprint density at radius 2 is 2.08 bits per heavy atom. The highest BCUT2D eigenvalue weighted by atomic mass is 16.4. The van der Waals surface area contributed by atoms with Crippen molar-refractivity contribution in [3.05, 3.63) is 52.3 Å². The van der Waals surface area contributed by atoms with Crippen LogP contribution in [0.15, 0.2) is 35.5 Å². The monoisotopic (exact) mass is 323 g/mol. The lowest BCUT2D eigenvalue weighted by Gasteiger charge is -2.07. The summed E-state index contributed by atoms with van der Waals surface area (Å²) in [5.74, 6) is -1.35. The van der Waals surface area contributed by atoms with Gasteiger partial charge in [0.15, 0.2) is 5.69 Å². The third-order valence-electron chi connectivity index (χ3n) is 3.23. The number of hydrogen-bond donors (Lipinski definition) is 1. The van der Waals surface area contributed by atoms with E-state index in [1.807, 2.05) is 0 Å². The molecule has 0 unspecified atom stereocenters. The SMILES string of the molecule is Cn1nncc1-c1cncc(-n2nc(C(=O)O)cc(C#N)c2=O)c1. The second-order valence-corrected chi connectivity index (χ2v) is 4.75. The zero-order valence-corrected chi connectivity index (χ0v) is 12.3. The minimum absolute atomic E-state index is 0.221. The van der Waals surface area contributed by atoms with Gasteiger partial charge in [-0.15, -0.1) is 5.10 Å². The van der Waals surface area contributed by atoms with Gasteiger partial charge in [-0.25, -0.2) is 9.48 Å². The second kappa shape index (κ2) is 5.73. The van der Waals surface area contributed by atoms with E-state index < -0.39 is 17.2 Å². The van der Waals surface area contributed by atoms with Gasteiger partial charge in [-0.05, 0) is 12.1 Å². The molecule has 0 fully saturated rings. The van der Waals surface area contributed by atoms with E-state index in [0.717, 1.165) is 10.7 Å². The van der Waals surface area contributed by atoms with Crippen LogP contribution in [0.5, 0.6) is 0 Å². The average Bonchev–Trinajstić information content (AvgIpc) is 3.01. The molecule has 0 aliphatic rings. The Bertz CT molecular complexity index is 1050. The predicted molar refractivity (Wildman–Crippen MR) is 79.3 cm³/mol. The molecular formula is C14H9N7O3. The Morgan fingerprint density at radius 1 is 1.29 bits per heavy atom. The number of nitriles is 1. The van der Waals surface area contributed by atoms with Crippen molar-refractivity contribution in [3.8, 4) is 23.0 Å². The first kappa shape index (κ1) is 15.0. The molecule has 3 aromatic rings. The Balaban J connectivity index is 2.22. The zero-order chi connectivity index (χ0) is 17.3. The van der Waals surface area contributed by atoms with Gasteiger partial charge < -0.3 is 5.11 Å². The largest absolute Gasteiger partial charge is 0.476 e. The first-order chi connectivity index (χ1) is 11.5. The fourth-order valence-corrected chi connectivity index (χ4v) is 2.09. The lowest BCUT2D eigenvalue weighted by Crippen LogP contribution is -2.26. The van der Waals surface area contributed by atoms with Crippen LogP contribution < -0.4 is 5.56 Å². The molecule has 10 heteroatoms. The highest BCUT2D eigenvalue weighted by molar-refractivity contribution is 5.85. The number of rotatable bonds is 3. The van der Waals surface area contributed by atoms with E-state index in [4.69, 9.17) is 10.4 Å². The van der Waals surface area contributed by atoms with E-state index in [-0.39, 0.29) is 11.3 Å². The van der Waals surface area contributed by atoms with Crippen molar-refractivity contribution >= 4 is 5.97 Å². The van der Waals surface area contributed by atoms with Crippen molar-refractivity contribution in [2.75, 3.05) is 0 Å². The maximum atomic E-state index is 12.3. The van der Waals surface area contributed by atoms with Crippen LogP contribution in [0.2, 0.25) is 0 Å². The van der Waals surface area contributed by atoms with E-state index in [9.17, 15) is 9.59 Å². The smallest absolute Gasteiger partial charge is 0.356 e. The molecule has 1 N–H and O–H groups in total. The topological polar surface area (TPSA) is 140 Å². The van der Waals surface area contributed by atoms with Crippen molar-refractivity contribution in [2.45, 2.75) is 0 Å². The zero-order valence-electron chi connectivity index (χ0n) is 12.3. The Labute approximate surface area is 134 Å². The quantitative estimate of drug-likeness (QED) is 0.710. The number of carboxylic acid groups (broad SMARTS) is 1. The standard InChI is InChI=1S/C14H9N7O3/c1-20-12(7-17-19-20)9-2-10(6-16-5-9)21-13(22)8(4-15)3-11(18-21)14(23)24/h2-3,5-7H,1H3,(H,23,24). The van der Waals surface area contributed by atoms with Crippen molar-refractivity contribution in [3.63, 3.8) is 0 Å². The molecular weight excluding hydrogens is 314 g/mol. The van der Waals surface area contributed by atoms with Crippen LogP contribution in [0.1, 0.15) is 16.1 Å². The summed E-state index contributed by atoms with van der Waals surface area (Å²) in [7, 11) is 1.69. The van der Waals surface area contributed by atoms with Gasteiger partial charge in [0.25, 0.3) is 5.56 Å². The summed E-state index contributed by atoms with van der Waals surface area (Å²) in [6.45, 7) is 0. The molecule has 3 aromatic heterocycles. The summed E-state index contributed by atoms with van der Waals surface area (Å²) in [4.78, 5) is 27.4. The van der Waals surface area contributed by atoms with Gasteiger partial charge in [-0.2, -0.15) is 15.0 Å². The first-order valence-corrected chi connectivity index (χ1v) is 6.59. The van der Waals surface area contributed by atoms with Gasteiger partial charge in [0, 0.05) is 18.8 Å². The van der Waals surface area contributed by atoms with E-state index in [0.29, 0.717) is 11.3 Å². The summed E-state index contributed by atoms with van der Waals surface area (Å²) < 4.78 is 2.35. The third-order valence-corrected chi connectivity index (χ3v) is 3.23. The van der Waals surface area contributed by atoms with Crippen LogP contribution in [0, 0.1) is 11.3 Å². The Kier molecular flexibility index (Phi) is 3.59. The van der Waals surface area contributed by atoms with Gasteiger partial charge in [-0.3, -0.25) is 9.78 Å². The highest BCUT2D eigenvalue weighted by Gasteiger charge is 2.15. The molecule has 3 heterocycles. The van der Waals surface area contributed by atoms with Crippen LogP contribution in [-0.4, -0.2) is 40.8 Å². The third kappa shape index (κ3) is 2.50. The normalized spacial score (nSPS) is 10.3. The molecule has 0 aromatic carbocycles. The summed E-state index contributed by atoms with van der Waals surface area (Å²) in [5, 5.41) is 29.4. The highest BCUT2D eigenvalue weighted by Crippen LogP contribution is 2.18. The Hall–Kier alpha value is -3.87. The summed E-state index contributed by atoms with van der Waals surface area (Å²) >= 11 is 0. The molecule has 0 spiro atoms. The van der Waals surface area contributed by atoms with Crippen molar-refractivity contribution < 1.29 is 9.90 Å². The average molecular weight is 323 g/mol. The molecule has 0 saturated carbocycles. The van der Waals surface area contributed by atoms with E-state index in [1.165, 1.54) is 17.1 Å². The molecule has 0 radical (unpaired) electrons. The number of nitrogens with zero attached hydrogens (tertiary/aromatic N) is 7. The number of aromatic nitrogens is 6. The fourth-order valence-electron chi connectivity index (χ4n) is 2.09. The van der Waals surface area contributed by atoms with E-state index in [1.54, 1.807) is 25.4 Å². The number of aromatic carboxylic acids is 1. The summed E-state index contributed by atoms with van der Waals surface area (Å²) in [5.41, 5.74) is -0.00290. The van der Waals surface area contributed by atoms with E-state index in [2.05, 4.69) is 20.4 Å². The molecule has 118 valence electrons. The number of carbonyl (C=O) groups is 1. The minimum Gasteiger partial charge on any atom is -0.476 e. The molecule has 10 nitrogen and oxygen atoms in total. The number of carboxylic acids is 1. The minimum atomic E-state index is -1.35. The molecule has 24 heavy (non-hydrogen) atoms. The first-order valence-electron chi connectivity index (χ1n) is 6.59.